The van der Waals surface area contributed by atoms with Crippen molar-refractivity contribution in [1.82, 2.24) is 10.6 Å². The second-order valence-corrected chi connectivity index (χ2v) is 4.67. The van der Waals surface area contributed by atoms with Gasteiger partial charge in [-0.15, -0.1) is 0 Å². The van der Waals surface area contributed by atoms with E-state index in [1.54, 1.807) is 0 Å². The Hall–Kier alpha value is -2.04. The highest BCUT2D eigenvalue weighted by atomic mass is 16.4. The van der Waals surface area contributed by atoms with Crippen LogP contribution in [0.3, 0.4) is 0 Å². The van der Waals surface area contributed by atoms with Gasteiger partial charge in [0.1, 0.15) is 6.04 Å². The zero-order chi connectivity index (χ0) is 15.0. The minimum Gasteiger partial charge on any atom is -0.480 e. The molecular weight excluding hydrogens is 256 g/mol. The lowest BCUT2D eigenvalue weighted by molar-refractivity contribution is -0.139. The third kappa shape index (κ3) is 4.91. The zero-order valence-electron chi connectivity index (χ0n) is 11.9. The van der Waals surface area contributed by atoms with Gasteiger partial charge in [-0.3, -0.25) is 0 Å². The average Bonchev–Trinajstić information content (AvgIpc) is 2.45. The fourth-order valence-corrected chi connectivity index (χ4v) is 2.01. The number of hydrogen-bond acceptors (Lipinski definition) is 2. The van der Waals surface area contributed by atoms with Crippen molar-refractivity contribution >= 4 is 12.0 Å². The number of carbonyl (C=O) groups excluding carboxylic acids is 1. The predicted octanol–water partition coefficient (Wildman–Crippen LogP) is 2.69. The van der Waals surface area contributed by atoms with Crippen molar-refractivity contribution in [3.05, 3.63) is 35.9 Å². The summed E-state index contributed by atoms with van der Waals surface area (Å²) in [7, 11) is 0. The van der Waals surface area contributed by atoms with Crippen molar-refractivity contribution in [3.8, 4) is 0 Å². The topological polar surface area (TPSA) is 78.4 Å². The summed E-state index contributed by atoms with van der Waals surface area (Å²) >= 11 is 0. The molecule has 0 fully saturated rings. The quantitative estimate of drug-likeness (QED) is 0.717. The van der Waals surface area contributed by atoms with Crippen LogP contribution in [0, 0.1) is 0 Å². The van der Waals surface area contributed by atoms with Crippen LogP contribution in [0.4, 0.5) is 4.79 Å². The number of nitrogens with one attached hydrogen (secondary N) is 2. The van der Waals surface area contributed by atoms with Crippen LogP contribution in [0.1, 0.15) is 44.7 Å². The monoisotopic (exact) mass is 278 g/mol. The first-order valence-corrected chi connectivity index (χ1v) is 6.93. The van der Waals surface area contributed by atoms with Crippen LogP contribution in [0.2, 0.25) is 0 Å². The van der Waals surface area contributed by atoms with Crippen LogP contribution < -0.4 is 10.6 Å². The first-order valence-electron chi connectivity index (χ1n) is 6.93. The van der Waals surface area contributed by atoms with Gasteiger partial charge >= 0.3 is 12.0 Å². The summed E-state index contributed by atoms with van der Waals surface area (Å²) in [5, 5.41) is 14.3. The standard InChI is InChI=1S/C15H22N2O3/c1-3-8-13(14(18)19)17-15(20)16-12(4-2)11-9-6-5-7-10-11/h5-7,9-10,12-13H,3-4,8H2,1-2H3,(H,18,19)(H2,16,17,20)/t12?,13-/m1/s1. The molecule has 0 saturated heterocycles. The lowest BCUT2D eigenvalue weighted by atomic mass is 10.1. The maximum Gasteiger partial charge on any atom is 0.326 e. The average molecular weight is 278 g/mol. The Labute approximate surface area is 119 Å². The number of benzene rings is 1. The van der Waals surface area contributed by atoms with Crippen LogP contribution in [-0.4, -0.2) is 23.1 Å². The molecule has 110 valence electrons. The van der Waals surface area contributed by atoms with E-state index < -0.39 is 18.0 Å². The lowest BCUT2D eigenvalue weighted by Crippen LogP contribution is -2.46. The van der Waals surface area contributed by atoms with Crippen LogP contribution in [-0.2, 0) is 4.79 Å². The number of amides is 2. The summed E-state index contributed by atoms with van der Waals surface area (Å²) in [5.74, 6) is -1.00. The summed E-state index contributed by atoms with van der Waals surface area (Å²) in [6, 6.07) is 8.22. The number of rotatable bonds is 7. The van der Waals surface area contributed by atoms with E-state index in [1.165, 1.54) is 0 Å². The summed E-state index contributed by atoms with van der Waals surface area (Å²) in [4.78, 5) is 22.9. The van der Waals surface area contributed by atoms with Crippen molar-refractivity contribution in [1.29, 1.82) is 0 Å². The first kappa shape index (κ1) is 16.0. The minimum atomic E-state index is -1.00. The Bertz CT molecular complexity index is 434. The molecule has 0 spiro atoms. The lowest BCUT2D eigenvalue weighted by Gasteiger charge is -2.20. The molecule has 1 aromatic carbocycles. The van der Waals surface area contributed by atoms with Gasteiger partial charge in [-0.2, -0.15) is 0 Å². The normalized spacial score (nSPS) is 13.3. The van der Waals surface area contributed by atoms with Crippen molar-refractivity contribution in [2.75, 3.05) is 0 Å². The number of carboxylic acid groups (broad SMARTS) is 1. The smallest absolute Gasteiger partial charge is 0.326 e. The predicted molar refractivity (Wildman–Crippen MR) is 77.5 cm³/mol. The molecular formula is C15H22N2O3. The molecule has 0 aliphatic carbocycles. The molecule has 3 N–H and O–H groups in total. The molecule has 1 rings (SSSR count). The maximum absolute atomic E-state index is 11.9. The molecule has 1 unspecified atom stereocenters. The third-order valence-electron chi connectivity index (χ3n) is 3.10. The third-order valence-corrected chi connectivity index (χ3v) is 3.10. The molecule has 5 nitrogen and oxygen atoms in total. The molecule has 0 saturated carbocycles. The molecule has 0 bridgehead atoms. The van der Waals surface area contributed by atoms with Crippen LogP contribution in [0.25, 0.3) is 0 Å². The van der Waals surface area contributed by atoms with Gasteiger partial charge in [-0.05, 0) is 18.4 Å². The highest BCUT2D eigenvalue weighted by molar-refractivity contribution is 5.82. The Balaban J connectivity index is 2.61. The van der Waals surface area contributed by atoms with Crippen molar-refractivity contribution in [2.24, 2.45) is 0 Å². The van der Waals surface area contributed by atoms with E-state index in [0.29, 0.717) is 12.8 Å². The van der Waals surface area contributed by atoms with Gasteiger partial charge in [-0.25, -0.2) is 9.59 Å². The molecule has 0 aromatic heterocycles. The van der Waals surface area contributed by atoms with E-state index >= 15 is 0 Å². The van der Waals surface area contributed by atoms with Crippen molar-refractivity contribution < 1.29 is 14.7 Å². The fraction of sp³-hybridized carbons (Fsp3) is 0.467. The van der Waals surface area contributed by atoms with E-state index in [4.69, 9.17) is 5.11 Å². The number of carboxylic acids is 1. The Morgan fingerprint density at radius 1 is 1.15 bits per heavy atom. The molecule has 1 aromatic rings. The number of carbonyl (C=O) groups is 2. The summed E-state index contributed by atoms with van der Waals surface area (Å²) in [6.07, 6.45) is 1.86. The Kier molecular flexibility index (Phi) is 6.56. The van der Waals surface area contributed by atoms with Gasteiger partial charge in [0.2, 0.25) is 0 Å². The van der Waals surface area contributed by atoms with E-state index in [2.05, 4.69) is 10.6 Å². The summed E-state index contributed by atoms with van der Waals surface area (Å²) < 4.78 is 0. The maximum atomic E-state index is 11.9. The van der Waals surface area contributed by atoms with Crippen LogP contribution in [0.5, 0.6) is 0 Å². The molecule has 0 radical (unpaired) electrons. The van der Waals surface area contributed by atoms with E-state index in [-0.39, 0.29) is 6.04 Å². The van der Waals surface area contributed by atoms with Gasteiger partial charge in [-0.1, -0.05) is 50.6 Å². The number of aliphatic carboxylic acids is 1. The minimum absolute atomic E-state index is 0.118. The summed E-state index contributed by atoms with van der Waals surface area (Å²) in [5.41, 5.74) is 1.01. The van der Waals surface area contributed by atoms with E-state index in [9.17, 15) is 9.59 Å². The highest BCUT2D eigenvalue weighted by Gasteiger charge is 2.20. The largest absolute Gasteiger partial charge is 0.480 e. The molecule has 2 amide bonds. The van der Waals surface area contributed by atoms with Gasteiger partial charge in [0.25, 0.3) is 0 Å². The van der Waals surface area contributed by atoms with E-state index in [1.807, 2.05) is 44.2 Å². The van der Waals surface area contributed by atoms with Crippen molar-refractivity contribution in [3.63, 3.8) is 0 Å². The van der Waals surface area contributed by atoms with Gasteiger partial charge < -0.3 is 15.7 Å². The Morgan fingerprint density at radius 2 is 1.80 bits per heavy atom. The first-order chi connectivity index (χ1) is 9.58. The van der Waals surface area contributed by atoms with Gasteiger partial charge in [0, 0.05) is 0 Å². The molecule has 20 heavy (non-hydrogen) atoms. The number of hydrogen-bond donors (Lipinski definition) is 3. The fourth-order valence-electron chi connectivity index (χ4n) is 2.01. The molecule has 0 aliphatic heterocycles. The molecule has 0 heterocycles. The van der Waals surface area contributed by atoms with Crippen molar-refractivity contribution in [2.45, 2.75) is 45.2 Å². The van der Waals surface area contributed by atoms with Crippen LogP contribution >= 0.6 is 0 Å². The van der Waals surface area contributed by atoms with Crippen LogP contribution in [0.15, 0.2) is 30.3 Å². The zero-order valence-corrected chi connectivity index (χ0v) is 11.9. The highest BCUT2D eigenvalue weighted by Crippen LogP contribution is 2.15. The second kappa shape index (κ2) is 8.19. The Morgan fingerprint density at radius 3 is 2.30 bits per heavy atom. The van der Waals surface area contributed by atoms with Gasteiger partial charge in [0.15, 0.2) is 0 Å². The molecule has 2 atom stereocenters. The molecule has 5 heteroatoms. The second-order valence-electron chi connectivity index (χ2n) is 4.67. The SMILES string of the molecule is CCC[C@@H](NC(=O)NC(CC)c1ccccc1)C(=O)O. The van der Waals surface area contributed by atoms with Gasteiger partial charge in [0.05, 0.1) is 6.04 Å². The number of urea groups is 1. The van der Waals surface area contributed by atoms with E-state index in [0.717, 1.165) is 12.0 Å². The summed E-state index contributed by atoms with van der Waals surface area (Å²) in [6.45, 7) is 3.85. The molecule has 0 aliphatic rings.